The largest absolute Gasteiger partial charge is 0.417 e. The van der Waals surface area contributed by atoms with Crippen molar-refractivity contribution >= 4 is 22.9 Å². The van der Waals surface area contributed by atoms with Gasteiger partial charge in [0.05, 0.1) is 10.4 Å². The van der Waals surface area contributed by atoms with Gasteiger partial charge in [-0.1, -0.05) is 6.92 Å². The van der Waals surface area contributed by atoms with Crippen molar-refractivity contribution in [1.29, 1.82) is 0 Å². The first kappa shape index (κ1) is 16.3. The van der Waals surface area contributed by atoms with Gasteiger partial charge in [-0.25, -0.2) is 0 Å². The Hall–Kier alpha value is -2.09. The third-order valence-corrected chi connectivity index (χ3v) is 4.42. The number of H-pyrrole nitrogens is 1. The molecule has 0 radical (unpaired) electrons. The first-order valence-corrected chi connectivity index (χ1v) is 7.24. The lowest BCUT2D eigenvalue weighted by Crippen LogP contribution is -2.21. The van der Waals surface area contributed by atoms with Gasteiger partial charge in [-0.15, -0.1) is 11.3 Å². The summed E-state index contributed by atoms with van der Waals surface area (Å²) in [6.45, 7) is 3.79. The second-order valence-corrected chi connectivity index (χ2v) is 5.79. The summed E-state index contributed by atoms with van der Waals surface area (Å²) in [6, 6.07) is 2.28. The number of rotatable bonds is 3. The highest BCUT2D eigenvalue weighted by Crippen LogP contribution is 2.29. The predicted molar refractivity (Wildman–Crippen MR) is 78.5 cm³/mol. The molecule has 0 fully saturated rings. The Balaban J connectivity index is 2.29. The average molecular weight is 330 g/mol. The Morgan fingerprint density at radius 2 is 2.05 bits per heavy atom. The zero-order valence-corrected chi connectivity index (χ0v) is 12.6. The van der Waals surface area contributed by atoms with Gasteiger partial charge in [-0.2, -0.15) is 13.2 Å². The van der Waals surface area contributed by atoms with E-state index in [0.717, 1.165) is 16.9 Å². The molecule has 0 aromatic carbocycles. The first-order chi connectivity index (χ1) is 10.2. The molecule has 118 valence electrons. The minimum Gasteiger partial charge on any atom is -0.327 e. The summed E-state index contributed by atoms with van der Waals surface area (Å²) in [7, 11) is 0. The molecule has 2 heterocycles. The third-order valence-electron chi connectivity index (χ3n) is 3.04. The quantitative estimate of drug-likeness (QED) is 0.903. The number of anilines is 1. The smallest absolute Gasteiger partial charge is 0.327 e. The number of nitrogens with one attached hydrogen (secondary N) is 2. The summed E-state index contributed by atoms with van der Waals surface area (Å²) in [6.07, 6.45) is -3.27. The van der Waals surface area contributed by atoms with E-state index in [1.165, 1.54) is 11.3 Å². The number of halogens is 3. The molecule has 0 atom stereocenters. The maximum atomic E-state index is 12.6. The SMILES string of the molecule is CCc1sc(C(=O)Nc2cc(C(F)(F)F)c[nH]c2=O)cc1C. The lowest BCUT2D eigenvalue weighted by atomic mass is 10.2. The fraction of sp³-hybridized carbons (Fsp3) is 0.286. The zero-order valence-electron chi connectivity index (χ0n) is 11.8. The van der Waals surface area contributed by atoms with Crippen LogP contribution in [-0.2, 0) is 12.6 Å². The van der Waals surface area contributed by atoms with E-state index in [1.807, 2.05) is 18.8 Å². The maximum Gasteiger partial charge on any atom is 0.417 e. The number of aromatic amines is 1. The summed E-state index contributed by atoms with van der Waals surface area (Å²) >= 11 is 1.26. The van der Waals surface area contributed by atoms with Crippen LogP contribution < -0.4 is 10.9 Å². The molecule has 0 bridgehead atoms. The number of hydrogen-bond acceptors (Lipinski definition) is 3. The molecule has 0 unspecified atom stereocenters. The van der Waals surface area contributed by atoms with Gasteiger partial charge < -0.3 is 10.3 Å². The second-order valence-electron chi connectivity index (χ2n) is 4.65. The van der Waals surface area contributed by atoms with Crippen molar-refractivity contribution in [1.82, 2.24) is 4.98 Å². The lowest BCUT2D eigenvalue weighted by Gasteiger charge is -2.08. The first-order valence-electron chi connectivity index (χ1n) is 6.43. The molecule has 4 nitrogen and oxygen atoms in total. The highest BCUT2D eigenvalue weighted by Gasteiger charge is 2.31. The zero-order chi connectivity index (χ0) is 16.5. The van der Waals surface area contributed by atoms with Gasteiger partial charge in [0.25, 0.3) is 11.5 Å². The number of carbonyl (C=O) groups excluding carboxylic acids is 1. The monoisotopic (exact) mass is 330 g/mol. The molecule has 2 aromatic heterocycles. The number of thiophene rings is 1. The Labute approximate surface area is 128 Å². The molecule has 2 rings (SSSR count). The van der Waals surface area contributed by atoms with E-state index in [-0.39, 0.29) is 0 Å². The van der Waals surface area contributed by atoms with Crippen LogP contribution in [0.4, 0.5) is 18.9 Å². The number of amides is 1. The molecule has 2 N–H and O–H groups in total. The maximum absolute atomic E-state index is 12.6. The second kappa shape index (κ2) is 5.96. The van der Waals surface area contributed by atoms with Crippen LogP contribution in [0.5, 0.6) is 0 Å². The molecule has 2 aromatic rings. The Morgan fingerprint density at radius 3 is 2.59 bits per heavy atom. The van der Waals surface area contributed by atoms with Crippen LogP contribution in [0.25, 0.3) is 0 Å². The van der Waals surface area contributed by atoms with Crippen molar-refractivity contribution in [3.8, 4) is 0 Å². The summed E-state index contributed by atoms with van der Waals surface area (Å²) in [5, 5.41) is 2.23. The molecule has 1 amide bonds. The van der Waals surface area contributed by atoms with Crippen LogP contribution in [0, 0.1) is 6.92 Å². The Kier molecular flexibility index (Phi) is 4.41. The van der Waals surface area contributed by atoms with E-state index in [2.05, 4.69) is 5.32 Å². The molecular weight excluding hydrogens is 317 g/mol. The van der Waals surface area contributed by atoms with Gasteiger partial charge in [-0.3, -0.25) is 9.59 Å². The molecule has 8 heteroatoms. The topological polar surface area (TPSA) is 62.0 Å². The molecule has 0 saturated carbocycles. The highest BCUT2D eigenvalue weighted by atomic mass is 32.1. The fourth-order valence-corrected chi connectivity index (χ4v) is 2.92. The van der Waals surface area contributed by atoms with Crippen molar-refractivity contribution < 1.29 is 18.0 Å². The van der Waals surface area contributed by atoms with Crippen LogP contribution in [0.2, 0.25) is 0 Å². The highest BCUT2D eigenvalue weighted by molar-refractivity contribution is 7.14. The van der Waals surface area contributed by atoms with Gasteiger partial charge in [0, 0.05) is 11.1 Å². The molecule has 0 aliphatic rings. The minimum absolute atomic E-state index is 0.353. The minimum atomic E-state index is -4.60. The summed E-state index contributed by atoms with van der Waals surface area (Å²) in [5.74, 6) is -0.599. The summed E-state index contributed by atoms with van der Waals surface area (Å²) in [4.78, 5) is 27.0. The fourth-order valence-electron chi connectivity index (χ4n) is 1.91. The van der Waals surface area contributed by atoms with Crippen molar-refractivity contribution in [2.75, 3.05) is 5.32 Å². The number of aromatic nitrogens is 1. The van der Waals surface area contributed by atoms with E-state index in [9.17, 15) is 22.8 Å². The van der Waals surface area contributed by atoms with Gasteiger partial charge in [0.1, 0.15) is 5.69 Å². The Morgan fingerprint density at radius 1 is 1.36 bits per heavy atom. The van der Waals surface area contributed by atoms with Crippen molar-refractivity contribution in [3.63, 3.8) is 0 Å². The molecule has 0 spiro atoms. The molecule has 0 aliphatic carbocycles. The van der Waals surface area contributed by atoms with Crippen molar-refractivity contribution in [2.24, 2.45) is 0 Å². The van der Waals surface area contributed by atoms with Crippen LogP contribution in [0.1, 0.15) is 32.6 Å². The molecular formula is C14H13F3N2O2S. The lowest BCUT2D eigenvalue weighted by molar-refractivity contribution is -0.137. The number of alkyl halides is 3. The van der Waals surface area contributed by atoms with Crippen molar-refractivity contribution in [2.45, 2.75) is 26.4 Å². The normalized spacial score (nSPS) is 11.5. The number of carbonyl (C=O) groups is 1. The van der Waals surface area contributed by atoms with Crippen LogP contribution >= 0.6 is 11.3 Å². The molecule has 22 heavy (non-hydrogen) atoms. The predicted octanol–water partition coefficient (Wildman–Crippen LogP) is 3.58. The van der Waals surface area contributed by atoms with Gasteiger partial charge >= 0.3 is 6.18 Å². The number of aryl methyl sites for hydroxylation is 2. The number of pyridine rings is 1. The van der Waals surface area contributed by atoms with Gasteiger partial charge in [-0.05, 0) is 31.0 Å². The summed E-state index contributed by atoms with van der Waals surface area (Å²) < 4.78 is 37.9. The van der Waals surface area contributed by atoms with E-state index < -0.39 is 28.9 Å². The van der Waals surface area contributed by atoms with Crippen LogP contribution in [0.15, 0.2) is 23.1 Å². The van der Waals surface area contributed by atoms with E-state index in [0.29, 0.717) is 17.1 Å². The Bertz CT molecular complexity index is 762. The van der Waals surface area contributed by atoms with Gasteiger partial charge in [0.2, 0.25) is 0 Å². The van der Waals surface area contributed by atoms with Crippen LogP contribution in [-0.4, -0.2) is 10.9 Å². The van der Waals surface area contributed by atoms with E-state index in [4.69, 9.17) is 0 Å². The average Bonchev–Trinajstić information content (AvgIpc) is 2.81. The standard InChI is InChI=1S/C14H13F3N2O2S/c1-3-10-7(2)4-11(22-10)13(21)19-9-5-8(14(15,16)17)6-18-12(9)20/h4-6H,3H2,1-2H3,(H,18,20)(H,19,21). The molecule has 0 saturated heterocycles. The molecule has 0 aliphatic heterocycles. The van der Waals surface area contributed by atoms with E-state index >= 15 is 0 Å². The summed E-state index contributed by atoms with van der Waals surface area (Å²) in [5.41, 5.74) is -1.30. The number of hydrogen-bond donors (Lipinski definition) is 2. The third kappa shape index (κ3) is 3.38. The van der Waals surface area contributed by atoms with Crippen LogP contribution in [0.3, 0.4) is 0 Å². The van der Waals surface area contributed by atoms with Crippen molar-refractivity contribution in [3.05, 3.63) is 49.6 Å². The van der Waals surface area contributed by atoms with E-state index in [1.54, 1.807) is 6.07 Å². The van der Waals surface area contributed by atoms with Gasteiger partial charge in [0.15, 0.2) is 0 Å².